The molecule has 0 radical (unpaired) electrons. The molecule has 0 saturated carbocycles. The van der Waals surface area contributed by atoms with Crippen molar-refractivity contribution in [1.29, 1.82) is 0 Å². The van der Waals surface area contributed by atoms with Gasteiger partial charge < -0.3 is 23.7 Å². The second-order valence-electron chi connectivity index (χ2n) is 11.7. The van der Waals surface area contributed by atoms with Crippen molar-refractivity contribution < 1.29 is 47.7 Å². The zero-order chi connectivity index (χ0) is 33.4. The van der Waals surface area contributed by atoms with Gasteiger partial charge in [-0.2, -0.15) is 0 Å². The monoisotopic (exact) mass is 640 g/mol. The largest absolute Gasteiger partial charge is 0.462 e. The van der Waals surface area contributed by atoms with Crippen LogP contribution >= 0.6 is 0 Å². The molecule has 0 aliphatic heterocycles. The number of hydrogen-bond acceptors (Lipinski definition) is 10. The molecule has 0 atom stereocenters. The summed E-state index contributed by atoms with van der Waals surface area (Å²) in [5.74, 6) is -0.882. The summed E-state index contributed by atoms with van der Waals surface area (Å²) in [6.45, 7) is 3.97. The normalized spacial score (nSPS) is 10.7. The van der Waals surface area contributed by atoms with Gasteiger partial charge in [0.05, 0.1) is 0 Å². The molecular weight excluding hydrogens is 580 g/mol. The van der Waals surface area contributed by atoms with Crippen LogP contribution in [0.4, 0.5) is 0 Å². The summed E-state index contributed by atoms with van der Waals surface area (Å²) >= 11 is 0. The fourth-order valence-electron chi connectivity index (χ4n) is 4.62. The van der Waals surface area contributed by atoms with E-state index in [2.05, 4.69) is 6.92 Å². The van der Waals surface area contributed by atoms with E-state index in [1.807, 2.05) is 0 Å². The predicted molar refractivity (Wildman–Crippen MR) is 171 cm³/mol. The molecule has 0 aromatic heterocycles. The second-order valence-corrected chi connectivity index (χ2v) is 11.7. The first-order chi connectivity index (χ1) is 21.7. The highest BCUT2D eigenvalue weighted by atomic mass is 16.6. The fourth-order valence-corrected chi connectivity index (χ4v) is 4.62. The van der Waals surface area contributed by atoms with Crippen LogP contribution in [-0.4, -0.2) is 61.9 Å². The Bertz CT molecular complexity index is 823. The van der Waals surface area contributed by atoms with Gasteiger partial charge in [0.15, 0.2) is 0 Å². The van der Waals surface area contributed by atoms with Gasteiger partial charge >= 0.3 is 23.9 Å². The number of ether oxygens (including phenoxy) is 4. The zero-order valence-corrected chi connectivity index (χ0v) is 28.2. The van der Waals surface area contributed by atoms with E-state index in [1.54, 1.807) is 6.92 Å². The summed E-state index contributed by atoms with van der Waals surface area (Å²) in [7, 11) is 0. The molecule has 0 unspecified atom stereocenters. The molecule has 0 aliphatic carbocycles. The number of Topliss-reactive ketones (excluding diaryl/α,β-unsaturated/α-hetero) is 2. The minimum absolute atomic E-state index is 0.0224. The van der Waals surface area contributed by atoms with E-state index in [0.717, 1.165) is 57.8 Å². The molecule has 10 heteroatoms. The Morgan fingerprint density at radius 3 is 0.978 bits per heavy atom. The number of unbranched alkanes of at least 4 members (excludes halogenated alkanes) is 12. The Morgan fingerprint density at radius 2 is 0.622 bits per heavy atom. The smallest absolute Gasteiger partial charge is 0.305 e. The number of rotatable bonds is 32. The van der Waals surface area contributed by atoms with Gasteiger partial charge in [0.2, 0.25) is 0 Å². The van der Waals surface area contributed by atoms with Gasteiger partial charge in [-0.3, -0.25) is 24.0 Å². The first-order valence-electron chi connectivity index (χ1n) is 17.4. The van der Waals surface area contributed by atoms with E-state index in [4.69, 9.17) is 18.9 Å². The van der Waals surface area contributed by atoms with Crippen LogP contribution < -0.4 is 0 Å². The van der Waals surface area contributed by atoms with Gasteiger partial charge in [0.1, 0.15) is 38.0 Å². The Kier molecular flexibility index (Phi) is 29.3. The molecule has 10 nitrogen and oxygen atoms in total. The van der Waals surface area contributed by atoms with Crippen molar-refractivity contribution in [2.24, 2.45) is 0 Å². The molecule has 0 N–H and O–H groups in total. The Balaban J connectivity index is 3.51. The Labute approximate surface area is 271 Å². The van der Waals surface area contributed by atoms with Gasteiger partial charge in [-0.05, 0) is 51.9 Å². The topological polar surface area (TPSA) is 139 Å². The summed E-state index contributed by atoms with van der Waals surface area (Å²) in [6, 6.07) is 0. The van der Waals surface area contributed by atoms with Crippen molar-refractivity contribution in [3.8, 4) is 0 Å². The van der Waals surface area contributed by atoms with Gasteiger partial charge in [0.25, 0.3) is 0 Å². The molecule has 0 fully saturated rings. The molecule has 0 bridgehead atoms. The standard InChI is InChI=1S/C35H60O10/c1-3-4-5-6-7-14-22-32(38)42-26-27-43-34(40)24-16-11-9-13-20-31(37)21-17-18-25-35(41)45-29-28-44-33(39)23-15-10-8-12-19-30(2)36/h3-29H2,1-2H3. The minimum atomic E-state index is -0.369. The highest BCUT2D eigenvalue weighted by Gasteiger charge is 2.09. The third-order valence-electron chi connectivity index (χ3n) is 7.29. The van der Waals surface area contributed by atoms with E-state index in [0.29, 0.717) is 64.2 Å². The summed E-state index contributed by atoms with van der Waals surface area (Å²) in [5, 5.41) is 0. The Hall–Kier alpha value is -2.78. The maximum Gasteiger partial charge on any atom is 0.305 e. The van der Waals surface area contributed by atoms with E-state index in [1.165, 1.54) is 19.3 Å². The molecule has 0 amide bonds. The summed E-state index contributed by atoms with van der Waals surface area (Å²) < 4.78 is 20.4. The van der Waals surface area contributed by atoms with Crippen molar-refractivity contribution in [2.45, 2.75) is 162 Å². The summed E-state index contributed by atoms with van der Waals surface area (Å²) in [4.78, 5) is 70.0. The van der Waals surface area contributed by atoms with Crippen molar-refractivity contribution in [3.63, 3.8) is 0 Å². The first-order valence-corrected chi connectivity index (χ1v) is 17.4. The third kappa shape index (κ3) is 32.4. The van der Waals surface area contributed by atoms with Crippen LogP contribution in [0.2, 0.25) is 0 Å². The van der Waals surface area contributed by atoms with Gasteiger partial charge in [-0.1, -0.05) is 64.7 Å². The SMILES string of the molecule is CCCCCCCCC(=O)OCCOC(=O)CCCCCCC(=O)CCCCC(=O)OCCOC(=O)CCCCCCC(C)=O. The highest BCUT2D eigenvalue weighted by molar-refractivity contribution is 5.78. The Morgan fingerprint density at radius 1 is 0.356 bits per heavy atom. The third-order valence-corrected chi connectivity index (χ3v) is 7.29. The van der Waals surface area contributed by atoms with Crippen LogP contribution in [0.1, 0.15) is 162 Å². The zero-order valence-electron chi connectivity index (χ0n) is 28.2. The minimum Gasteiger partial charge on any atom is -0.462 e. The maximum absolute atomic E-state index is 12.1. The molecule has 0 spiro atoms. The van der Waals surface area contributed by atoms with Crippen LogP contribution in [0.3, 0.4) is 0 Å². The molecule has 0 heterocycles. The van der Waals surface area contributed by atoms with Gasteiger partial charge in [-0.15, -0.1) is 0 Å². The number of esters is 4. The quantitative estimate of drug-likeness (QED) is 0.0418. The number of hydrogen-bond donors (Lipinski definition) is 0. The van der Waals surface area contributed by atoms with Crippen molar-refractivity contribution in [1.82, 2.24) is 0 Å². The van der Waals surface area contributed by atoms with Crippen LogP contribution in [-0.2, 0) is 47.7 Å². The average Bonchev–Trinajstić information content (AvgIpc) is 3.00. The maximum atomic E-state index is 12.1. The number of carbonyl (C=O) groups is 6. The molecule has 0 aromatic rings. The van der Waals surface area contributed by atoms with Gasteiger partial charge in [0, 0.05) is 44.9 Å². The molecule has 0 aliphatic rings. The second kappa shape index (κ2) is 31.2. The number of ketones is 2. The highest BCUT2D eigenvalue weighted by Crippen LogP contribution is 2.11. The van der Waals surface area contributed by atoms with E-state index in [-0.39, 0.29) is 68.3 Å². The van der Waals surface area contributed by atoms with E-state index >= 15 is 0 Å². The van der Waals surface area contributed by atoms with Gasteiger partial charge in [-0.25, -0.2) is 0 Å². The van der Waals surface area contributed by atoms with Crippen molar-refractivity contribution >= 4 is 35.4 Å². The van der Waals surface area contributed by atoms with E-state index < -0.39 is 0 Å². The van der Waals surface area contributed by atoms with Crippen LogP contribution in [0.25, 0.3) is 0 Å². The van der Waals surface area contributed by atoms with Crippen molar-refractivity contribution in [3.05, 3.63) is 0 Å². The van der Waals surface area contributed by atoms with Crippen molar-refractivity contribution in [2.75, 3.05) is 26.4 Å². The molecular formula is C35H60O10. The lowest BCUT2D eigenvalue weighted by Crippen LogP contribution is -2.13. The molecule has 260 valence electrons. The number of carbonyl (C=O) groups excluding carboxylic acids is 6. The lowest BCUT2D eigenvalue weighted by atomic mass is 10.0. The summed E-state index contributed by atoms with van der Waals surface area (Å²) in [6.07, 6.45) is 17.1. The van der Waals surface area contributed by atoms with Crippen LogP contribution in [0.15, 0.2) is 0 Å². The first kappa shape index (κ1) is 42.2. The molecule has 45 heavy (non-hydrogen) atoms. The average molecular weight is 641 g/mol. The predicted octanol–water partition coefficient (Wildman–Crippen LogP) is 7.31. The molecule has 0 aromatic carbocycles. The lowest BCUT2D eigenvalue weighted by Gasteiger charge is -2.07. The van der Waals surface area contributed by atoms with Crippen LogP contribution in [0, 0.1) is 0 Å². The van der Waals surface area contributed by atoms with Crippen LogP contribution in [0.5, 0.6) is 0 Å². The molecule has 0 saturated heterocycles. The molecule has 0 rings (SSSR count). The fraction of sp³-hybridized carbons (Fsp3) is 0.829. The van der Waals surface area contributed by atoms with E-state index in [9.17, 15) is 28.8 Å². The summed E-state index contributed by atoms with van der Waals surface area (Å²) in [5.41, 5.74) is 0. The lowest BCUT2D eigenvalue weighted by molar-refractivity contribution is -0.152.